The molecule has 6 aromatic heterocycles. The lowest BCUT2D eigenvalue weighted by Crippen LogP contribution is -2.09. The van der Waals surface area contributed by atoms with Crippen LogP contribution in [0, 0.1) is 48.5 Å². The van der Waals surface area contributed by atoms with E-state index in [1.54, 1.807) is 32.4 Å². The fourth-order valence-corrected chi connectivity index (χ4v) is 16.1. The Kier molecular flexibility index (Phi) is 36.9. The maximum atomic E-state index is 11.9. The molecule has 0 atom stereocenters. The lowest BCUT2D eigenvalue weighted by Gasteiger charge is -2.11. The summed E-state index contributed by atoms with van der Waals surface area (Å²) in [5.41, 5.74) is 24.3. The van der Waals surface area contributed by atoms with Gasteiger partial charge in [-0.3, -0.25) is 0 Å². The van der Waals surface area contributed by atoms with Crippen LogP contribution in [0.15, 0.2) is 394 Å². The number of ether oxygens (including phenoxy) is 2. The summed E-state index contributed by atoms with van der Waals surface area (Å²) >= 11 is 0. The highest BCUT2D eigenvalue weighted by molar-refractivity contribution is 5.90. The average Bonchev–Trinajstić information content (AvgIpc) is 0.848. The predicted molar refractivity (Wildman–Crippen MR) is 594 cm³/mol. The first kappa shape index (κ1) is 103. The maximum absolute atomic E-state index is 11.9. The number of anilines is 10. The van der Waals surface area contributed by atoms with Crippen molar-refractivity contribution < 1.29 is 14.3 Å². The number of aryl methyl sites for hydroxylation is 7. The molecule has 742 valence electrons. The molecule has 0 unspecified atom stereocenters. The zero-order valence-electron chi connectivity index (χ0n) is 85.2. The van der Waals surface area contributed by atoms with Gasteiger partial charge in [0.2, 0.25) is 29.7 Å². The Labute approximate surface area is 871 Å². The molecule has 0 saturated carbocycles. The van der Waals surface area contributed by atoms with Crippen molar-refractivity contribution in [2.24, 2.45) is 0 Å². The largest absolute Gasteiger partial charge is 0.497 e. The minimum atomic E-state index is -0.338. The first-order valence-corrected chi connectivity index (χ1v) is 49.8. The number of carbonyl (C=O) groups is 1. The van der Waals surface area contributed by atoms with Crippen molar-refractivity contribution in [1.29, 1.82) is 0 Å². The summed E-state index contributed by atoms with van der Waals surface area (Å²) in [6.45, 7) is 16.7. The van der Waals surface area contributed by atoms with Gasteiger partial charge in [0.05, 0.1) is 19.3 Å². The van der Waals surface area contributed by atoms with Crippen LogP contribution in [-0.2, 0) is 68.9 Å². The van der Waals surface area contributed by atoms with Crippen molar-refractivity contribution in [2.75, 3.05) is 40.3 Å². The Hall–Kier alpha value is -18.5. The summed E-state index contributed by atoms with van der Waals surface area (Å²) in [5, 5.41) is 16.5. The quantitative estimate of drug-likeness (QED) is 0.0239. The number of esters is 1. The Balaban J connectivity index is 0.000000133. The number of benzene rings is 14. The van der Waals surface area contributed by atoms with Gasteiger partial charge >= 0.3 is 5.97 Å². The lowest BCUT2D eigenvalue weighted by molar-refractivity contribution is 0.0526. The van der Waals surface area contributed by atoms with E-state index >= 15 is 0 Å². The fraction of sp³-hybridized carbons (Fsp3) is 0.160. The predicted octanol–water partition coefficient (Wildman–Crippen LogP) is 25.7. The third-order valence-corrected chi connectivity index (χ3v) is 23.6. The van der Waals surface area contributed by atoms with Crippen molar-refractivity contribution in [2.45, 2.75) is 120 Å². The van der Waals surface area contributed by atoms with E-state index in [-0.39, 0.29) is 5.97 Å². The number of nitrogens with zero attached hydrogens (tertiary/aromatic N) is 16. The minimum absolute atomic E-state index is 0.338. The molecule has 0 spiro atoms. The van der Waals surface area contributed by atoms with Crippen LogP contribution in [-0.4, -0.2) is 99.4 Å². The molecule has 0 aliphatic carbocycles. The summed E-state index contributed by atoms with van der Waals surface area (Å²) in [6, 6.07) is 130. The van der Waals surface area contributed by atoms with Crippen LogP contribution in [0.2, 0.25) is 0 Å². The van der Waals surface area contributed by atoms with E-state index in [0.717, 1.165) is 114 Å². The van der Waals surface area contributed by atoms with E-state index in [1.165, 1.54) is 55.6 Å². The van der Waals surface area contributed by atoms with Gasteiger partial charge in [0, 0.05) is 99.2 Å². The second kappa shape index (κ2) is 53.2. The monoisotopic (exact) mass is 1960 g/mol. The van der Waals surface area contributed by atoms with Gasteiger partial charge in [0.15, 0.2) is 0 Å². The van der Waals surface area contributed by atoms with Crippen LogP contribution < -0.4 is 31.3 Å². The zero-order chi connectivity index (χ0) is 103. The molecular weight excluding hydrogens is 1840 g/mol. The molecule has 14 aromatic carbocycles. The number of pyridine rings is 1. The SMILES string of the molecule is CCOC(=O)c1ccc(Nc2nc(Cc3ccc(C)cc3)nc(Cc3cccc(C)c3)n2)cc1.COc1cccc(Nc2nc(Cc3ccccc3)nc(Cc3ccccc3)n2)c1.Cc1ccc(Cc2nc(Cc3cccc(C)c3)nc(Nc3ccccc3C)n2)cc1.Cc1ccc(Cc2nc(Cc3ccccc3)nc(Nc3cccc(C)c3)n2)cc1.c1ccc(Cc2nc(Cc3ccccc3)nc(Nc3ccccn3)n2)cc1. The molecule has 24 heteroatoms. The van der Waals surface area contributed by atoms with Gasteiger partial charge in [-0.1, -0.05) is 343 Å². The number of hydrogen-bond acceptors (Lipinski definition) is 24. The fourth-order valence-electron chi connectivity index (χ4n) is 16.1. The minimum Gasteiger partial charge on any atom is -0.497 e. The topological polar surface area (TPSA) is 302 Å². The summed E-state index contributed by atoms with van der Waals surface area (Å²) < 4.78 is 10.4. The van der Waals surface area contributed by atoms with Crippen LogP contribution in [0.25, 0.3) is 0 Å². The van der Waals surface area contributed by atoms with Gasteiger partial charge in [-0.2, -0.15) is 49.8 Å². The number of para-hydroxylation sites is 1. The van der Waals surface area contributed by atoms with Gasteiger partial charge in [0.1, 0.15) is 69.8 Å². The van der Waals surface area contributed by atoms with Crippen molar-refractivity contribution >= 4 is 64.3 Å². The van der Waals surface area contributed by atoms with Crippen LogP contribution >= 0.6 is 0 Å². The molecule has 20 rings (SSSR count). The molecule has 0 radical (unpaired) electrons. The number of nitrogens with one attached hydrogen (secondary N) is 5. The molecule has 0 saturated heterocycles. The first-order valence-electron chi connectivity index (χ1n) is 49.8. The Bertz CT molecular complexity index is 7480. The van der Waals surface area contributed by atoms with Gasteiger partial charge in [-0.25, -0.2) is 34.7 Å². The molecule has 24 nitrogen and oxygen atoms in total. The number of hydrogen-bond donors (Lipinski definition) is 5. The Morgan fingerprint density at radius 1 is 0.235 bits per heavy atom. The van der Waals surface area contributed by atoms with Crippen LogP contribution in [0.5, 0.6) is 5.75 Å². The Morgan fingerprint density at radius 2 is 0.523 bits per heavy atom. The van der Waals surface area contributed by atoms with Crippen molar-refractivity contribution in [3.8, 4) is 5.75 Å². The Morgan fingerprint density at radius 3 is 0.852 bits per heavy atom. The summed E-state index contributed by atoms with van der Waals surface area (Å²) in [5.74, 6) is 11.3. The van der Waals surface area contributed by atoms with Crippen LogP contribution in [0.1, 0.15) is 170 Å². The van der Waals surface area contributed by atoms with Gasteiger partial charge in [0.25, 0.3) is 0 Å². The first-order chi connectivity index (χ1) is 72.8. The van der Waals surface area contributed by atoms with E-state index < -0.39 is 0 Å². The molecule has 0 fully saturated rings. The summed E-state index contributed by atoms with van der Waals surface area (Å²) in [6.07, 6.45) is 8.26. The second-order valence-electron chi connectivity index (χ2n) is 36.1. The van der Waals surface area contributed by atoms with Crippen molar-refractivity contribution in [3.63, 3.8) is 0 Å². The molecule has 5 N–H and O–H groups in total. The standard InChI is InChI=1S/C28H28N4O2.C26H26N4.C25H24N4.C24H22N4O.C22H19N5/c1-4-34-27(33)23-12-14-24(15-13-23)29-28-31-25(17-21-10-8-19(2)9-11-21)30-26(32-28)18-22-7-5-6-20(3)16-22;1-18-11-13-21(14-12-18)16-24-28-25(17-22-9-6-7-19(2)15-22)30-26(29-24)27-23-10-5-4-8-20(23)3;1-18-11-13-21(14-12-18)17-24-27-23(16-20-8-4-3-5-9-20)28-25(29-24)26-22-10-6-7-19(2)15-22;1-29-21-14-8-13-20(17-21)25-24-27-22(15-18-9-4-2-5-10-18)26-23(28-24)16-19-11-6-3-7-12-19;1-3-9-17(10-4-1)15-20-24-21(16-18-11-5-2-6-12-18)27-22(26-20)25-19-13-7-8-14-23-19/h5-16H,4,17-18H2,1-3H3,(H,29,30,31,32);4-15H,16-17H2,1-3H3,(H,27,28,29,30);3-15H,16-17H2,1-2H3,(H,26,27,28,29);2-14,17H,15-16H2,1H3,(H,25,26,27,28);1-14H,15-16H2,(H,23,24,25,26,27). The molecule has 0 aliphatic rings. The lowest BCUT2D eigenvalue weighted by atomic mass is 10.1. The average molecular weight is 1960 g/mol. The molecule has 149 heavy (non-hydrogen) atoms. The highest BCUT2D eigenvalue weighted by atomic mass is 16.5. The van der Waals surface area contributed by atoms with Crippen molar-refractivity contribution in [1.82, 2.24) is 79.7 Å². The van der Waals surface area contributed by atoms with E-state index in [2.05, 4.69) is 319 Å². The molecule has 0 amide bonds. The van der Waals surface area contributed by atoms with Gasteiger partial charge in [-0.05, 0) is 189 Å². The van der Waals surface area contributed by atoms with Crippen LogP contribution in [0.4, 0.5) is 58.3 Å². The van der Waals surface area contributed by atoms with E-state index in [0.29, 0.717) is 124 Å². The second-order valence-corrected chi connectivity index (χ2v) is 36.1. The van der Waals surface area contributed by atoms with Gasteiger partial charge in [-0.15, -0.1) is 0 Å². The molecular formula is C125H119N21O3. The molecule has 0 aliphatic heterocycles. The maximum Gasteiger partial charge on any atom is 0.338 e. The summed E-state index contributed by atoms with van der Waals surface area (Å²) in [4.78, 5) is 86.5. The third kappa shape index (κ3) is 33.8. The zero-order valence-corrected chi connectivity index (χ0v) is 85.2. The smallest absolute Gasteiger partial charge is 0.338 e. The molecule has 0 bridgehead atoms. The van der Waals surface area contributed by atoms with Crippen LogP contribution in [0.3, 0.4) is 0 Å². The summed E-state index contributed by atoms with van der Waals surface area (Å²) in [7, 11) is 1.65. The van der Waals surface area contributed by atoms with Gasteiger partial charge < -0.3 is 36.1 Å². The number of methoxy groups -OCH3 is 1. The number of rotatable bonds is 33. The number of aromatic nitrogens is 16. The van der Waals surface area contributed by atoms with E-state index in [4.69, 9.17) is 39.4 Å². The number of carbonyl (C=O) groups excluding carboxylic acids is 1. The van der Waals surface area contributed by atoms with E-state index in [9.17, 15) is 4.79 Å². The molecule has 6 heterocycles. The third-order valence-electron chi connectivity index (χ3n) is 23.6. The highest BCUT2D eigenvalue weighted by Crippen LogP contribution is 2.27. The normalized spacial score (nSPS) is 10.6. The highest BCUT2D eigenvalue weighted by Gasteiger charge is 2.19. The molecule has 20 aromatic rings. The van der Waals surface area contributed by atoms with E-state index in [1.807, 2.05) is 182 Å². The van der Waals surface area contributed by atoms with Crippen molar-refractivity contribution in [3.05, 3.63) is 553 Å².